The first-order valence-electron chi connectivity index (χ1n) is 10.3. The quantitative estimate of drug-likeness (QED) is 0.609. The summed E-state index contributed by atoms with van der Waals surface area (Å²) >= 11 is 0. The average molecular weight is 447 g/mol. The molecule has 7 nitrogen and oxygen atoms in total. The highest BCUT2D eigenvalue weighted by Gasteiger charge is 2.34. The van der Waals surface area contributed by atoms with E-state index in [2.05, 4.69) is 15.3 Å². The first-order chi connectivity index (χ1) is 15.1. The number of halogens is 3. The van der Waals surface area contributed by atoms with E-state index in [1.807, 2.05) is 11.3 Å². The number of aromatic nitrogens is 3. The zero-order valence-electron chi connectivity index (χ0n) is 18.2. The third-order valence-electron chi connectivity index (χ3n) is 5.77. The van der Waals surface area contributed by atoms with Crippen LogP contribution in [-0.4, -0.2) is 32.0 Å². The van der Waals surface area contributed by atoms with Crippen LogP contribution < -0.4 is 5.32 Å². The maximum Gasteiger partial charge on any atom is 0.416 e. The minimum absolute atomic E-state index is 0.172. The second-order valence-electron chi connectivity index (χ2n) is 7.82. The SMILES string of the molecule is CCOC(=O)N1Cc2c(N[C@H](C)c3cccc(C(F)(F)F)c3C)nc3cnc(C)n3c2C1. The minimum atomic E-state index is -4.42. The Balaban J connectivity index is 1.73. The summed E-state index contributed by atoms with van der Waals surface area (Å²) in [6.07, 6.45) is -3.22. The van der Waals surface area contributed by atoms with Crippen molar-refractivity contribution in [2.45, 2.75) is 53.0 Å². The molecule has 1 aromatic carbocycles. The lowest BCUT2D eigenvalue weighted by atomic mass is 9.97. The van der Waals surface area contributed by atoms with E-state index in [0.717, 1.165) is 23.1 Å². The van der Waals surface area contributed by atoms with Crippen molar-refractivity contribution in [2.24, 2.45) is 0 Å². The summed E-state index contributed by atoms with van der Waals surface area (Å²) in [6.45, 7) is 7.74. The zero-order valence-corrected chi connectivity index (χ0v) is 18.2. The number of imidazole rings is 1. The zero-order chi connectivity index (χ0) is 23.2. The van der Waals surface area contributed by atoms with E-state index in [1.54, 1.807) is 31.0 Å². The van der Waals surface area contributed by atoms with Gasteiger partial charge in [-0.3, -0.25) is 9.30 Å². The van der Waals surface area contributed by atoms with Crippen molar-refractivity contribution in [1.82, 2.24) is 19.3 Å². The highest BCUT2D eigenvalue weighted by molar-refractivity contribution is 5.70. The molecule has 1 N–H and O–H groups in total. The van der Waals surface area contributed by atoms with Crippen molar-refractivity contribution < 1.29 is 22.7 Å². The van der Waals surface area contributed by atoms with Gasteiger partial charge in [0.25, 0.3) is 0 Å². The Kier molecular flexibility index (Phi) is 5.47. The Morgan fingerprint density at radius 1 is 1.28 bits per heavy atom. The Labute approximate surface area is 183 Å². The van der Waals surface area contributed by atoms with Gasteiger partial charge in [0.1, 0.15) is 11.6 Å². The summed E-state index contributed by atoms with van der Waals surface area (Å²) < 4.78 is 47.1. The molecule has 2 aromatic heterocycles. The Morgan fingerprint density at radius 2 is 2.03 bits per heavy atom. The van der Waals surface area contributed by atoms with Gasteiger partial charge in [0, 0.05) is 5.56 Å². The van der Waals surface area contributed by atoms with Crippen LogP contribution in [-0.2, 0) is 24.0 Å². The number of nitrogens with zero attached hydrogens (tertiary/aromatic N) is 4. The number of carbonyl (C=O) groups excluding carboxylic acids is 1. The molecule has 32 heavy (non-hydrogen) atoms. The Hall–Kier alpha value is -3.30. The summed E-state index contributed by atoms with van der Waals surface area (Å²) in [5.74, 6) is 1.26. The van der Waals surface area contributed by atoms with Gasteiger partial charge in [-0.15, -0.1) is 0 Å². The van der Waals surface area contributed by atoms with Crippen molar-refractivity contribution in [3.8, 4) is 0 Å². The second-order valence-corrected chi connectivity index (χ2v) is 7.82. The number of hydrogen-bond acceptors (Lipinski definition) is 5. The lowest BCUT2D eigenvalue weighted by Gasteiger charge is -2.21. The highest BCUT2D eigenvalue weighted by atomic mass is 19.4. The monoisotopic (exact) mass is 447 g/mol. The van der Waals surface area contributed by atoms with Gasteiger partial charge in [0.2, 0.25) is 0 Å². The fourth-order valence-electron chi connectivity index (χ4n) is 4.23. The standard InChI is InChI=1S/C22H24F3N5O2/c1-5-32-21(31)29-10-16-18(11-29)30-14(4)26-9-19(30)28-20(16)27-13(3)15-7-6-8-17(12(15)2)22(23,24)25/h6-9,13H,5,10-11H2,1-4H3,(H,27,28)/t13-/m1/s1. The fraction of sp³-hybridized carbons (Fsp3) is 0.409. The number of anilines is 1. The van der Waals surface area contributed by atoms with E-state index in [0.29, 0.717) is 23.6 Å². The van der Waals surface area contributed by atoms with Crippen LogP contribution in [0.1, 0.15) is 53.7 Å². The van der Waals surface area contributed by atoms with Crippen LogP contribution in [0.4, 0.5) is 23.8 Å². The number of carbonyl (C=O) groups is 1. The maximum absolute atomic E-state index is 13.4. The van der Waals surface area contributed by atoms with Crippen LogP contribution >= 0.6 is 0 Å². The van der Waals surface area contributed by atoms with Gasteiger partial charge in [0.05, 0.1) is 43.2 Å². The molecule has 0 bridgehead atoms. The predicted molar refractivity (Wildman–Crippen MR) is 112 cm³/mol. The van der Waals surface area contributed by atoms with Gasteiger partial charge in [-0.05, 0) is 44.9 Å². The summed E-state index contributed by atoms with van der Waals surface area (Å²) in [6, 6.07) is 3.72. The van der Waals surface area contributed by atoms with E-state index < -0.39 is 23.9 Å². The highest BCUT2D eigenvalue weighted by Crippen LogP contribution is 2.36. The van der Waals surface area contributed by atoms with Crippen LogP contribution in [0.3, 0.4) is 0 Å². The molecule has 1 amide bonds. The van der Waals surface area contributed by atoms with Crippen LogP contribution in [0.15, 0.2) is 24.4 Å². The van der Waals surface area contributed by atoms with Crippen molar-refractivity contribution >= 4 is 17.6 Å². The summed E-state index contributed by atoms with van der Waals surface area (Å²) in [5, 5.41) is 3.27. The topological polar surface area (TPSA) is 71.8 Å². The van der Waals surface area contributed by atoms with Crippen molar-refractivity contribution in [1.29, 1.82) is 0 Å². The van der Waals surface area contributed by atoms with E-state index in [-0.39, 0.29) is 18.7 Å². The number of amides is 1. The van der Waals surface area contributed by atoms with E-state index in [9.17, 15) is 18.0 Å². The molecule has 0 unspecified atom stereocenters. The largest absolute Gasteiger partial charge is 0.450 e. The van der Waals surface area contributed by atoms with Crippen molar-refractivity contribution in [2.75, 3.05) is 11.9 Å². The fourth-order valence-corrected chi connectivity index (χ4v) is 4.23. The number of hydrogen-bond donors (Lipinski definition) is 1. The number of rotatable bonds is 4. The number of nitrogens with one attached hydrogen (secondary N) is 1. The van der Waals surface area contributed by atoms with Gasteiger partial charge in [-0.1, -0.05) is 12.1 Å². The van der Waals surface area contributed by atoms with Gasteiger partial charge in [-0.2, -0.15) is 13.2 Å². The van der Waals surface area contributed by atoms with Crippen molar-refractivity contribution in [3.05, 3.63) is 58.2 Å². The molecule has 3 heterocycles. The van der Waals surface area contributed by atoms with Crippen LogP contribution in [0, 0.1) is 13.8 Å². The normalized spacial score (nSPS) is 14.5. The summed E-state index contributed by atoms with van der Waals surface area (Å²) in [7, 11) is 0. The van der Waals surface area contributed by atoms with E-state index >= 15 is 0 Å². The average Bonchev–Trinajstić information content (AvgIpc) is 3.31. The lowest BCUT2D eigenvalue weighted by Crippen LogP contribution is -2.26. The predicted octanol–water partition coefficient (Wildman–Crippen LogP) is 5.01. The first kappa shape index (κ1) is 21.9. The van der Waals surface area contributed by atoms with Crippen LogP contribution in [0.5, 0.6) is 0 Å². The molecule has 4 rings (SSSR count). The van der Waals surface area contributed by atoms with Crippen molar-refractivity contribution in [3.63, 3.8) is 0 Å². The summed E-state index contributed by atoms with van der Waals surface area (Å²) in [4.78, 5) is 22.9. The molecule has 0 saturated carbocycles. The molecule has 0 saturated heterocycles. The number of alkyl halides is 3. The van der Waals surface area contributed by atoms with Gasteiger partial charge < -0.3 is 10.1 Å². The lowest BCUT2D eigenvalue weighted by molar-refractivity contribution is -0.138. The molecular formula is C22H24F3N5O2. The molecule has 1 aliphatic rings. The molecule has 0 spiro atoms. The van der Waals surface area contributed by atoms with Gasteiger partial charge >= 0.3 is 12.3 Å². The number of aryl methyl sites for hydroxylation is 1. The molecule has 1 aliphatic heterocycles. The van der Waals surface area contributed by atoms with Gasteiger partial charge in [0.15, 0.2) is 5.65 Å². The smallest absolute Gasteiger partial charge is 0.416 e. The molecule has 0 aliphatic carbocycles. The Morgan fingerprint density at radius 3 is 2.72 bits per heavy atom. The number of fused-ring (bicyclic) bond motifs is 3. The molecule has 10 heteroatoms. The third kappa shape index (κ3) is 3.74. The molecular weight excluding hydrogens is 423 g/mol. The minimum Gasteiger partial charge on any atom is -0.450 e. The van der Waals surface area contributed by atoms with Crippen LogP contribution in [0.2, 0.25) is 0 Å². The molecule has 170 valence electrons. The molecule has 3 aromatic rings. The number of ether oxygens (including phenoxy) is 1. The second kappa shape index (κ2) is 7.99. The summed E-state index contributed by atoms with van der Waals surface area (Å²) in [5.41, 5.74) is 2.29. The first-order valence-corrected chi connectivity index (χ1v) is 10.3. The molecule has 0 radical (unpaired) electrons. The van der Waals surface area contributed by atoms with Gasteiger partial charge in [-0.25, -0.2) is 14.8 Å². The third-order valence-corrected chi connectivity index (χ3v) is 5.77. The number of benzene rings is 1. The molecule has 1 atom stereocenters. The Bertz CT molecular complexity index is 1190. The molecule has 0 fully saturated rings. The van der Waals surface area contributed by atoms with Crippen LogP contribution in [0.25, 0.3) is 5.65 Å². The van der Waals surface area contributed by atoms with E-state index in [1.165, 1.54) is 13.0 Å². The maximum atomic E-state index is 13.4. The van der Waals surface area contributed by atoms with E-state index in [4.69, 9.17) is 4.74 Å².